The lowest BCUT2D eigenvalue weighted by atomic mass is 9.99. The maximum atomic E-state index is 13.1. The molecule has 11 heteroatoms. The van der Waals surface area contributed by atoms with E-state index in [4.69, 9.17) is 10.5 Å². The molecule has 0 aliphatic rings. The van der Waals surface area contributed by atoms with Crippen LogP contribution in [0.4, 0.5) is 11.5 Å². The van der Waals surface area contributed by atoms with Gasteiger partial charge in [0.25, 0.3) is 5.69 Å². The highest BCUT2D eigenvalue weighted by atomic mass is 32.1. The number of thiophene rings is 1. The number of nitro groups is 1. The van der Waals surface area contributed by atoms with E-state index in [0.29, 0.717) is 22.3 Å². The molecule has 9 nitrogen and oxygen atoms in total. The minimum atomic E-state index is -2.68. The van der Waals surface area contributed by atoms with E-state index in [0.717, 1.165) is 32.0 Å². The zero-order chi connectivity index (χ0) is 26.3. The van der Waals surface area contributed by atoms with Crippen molar-refractivity contribution in [1.82, 2.24) is 15.0 Å². The molecule has 0 fully saturated rings. The highest BCUT2D eigenvalue weighted by molar-refractivity contribution is 7.71. The average Bonchev–Trinajstić information content (AvgIpc) is 3.25. The van der Waals surface area contributed by atoms with Crippen molar-refractivity contribution in [2.75, 3.05) is 19.1 Å². The highest BCUT2D eigenvalue weighted by Gasteiger charge is 2.25. The fourth-order valence-electron chi connectivity index (χ4n) is 3.98. The van der Waals surface area contributed by atoms with Crippen molar-refractivity contribution < 1.29 is 14.2 Å². The second-order valence-corrected chi connectivity index (χ2v) is 13.0. The predicted molar refractivity (Wildman–Crippen MR) is 147 cm³/mol. The van der Waals surface area contributed by atoms with Crippen LogP contribution in [0.3, 0.4) is 0 Å². The van der Waals surface area contributed by atoms with Gasteiger partial charge in [-0.3, -0.25) is 10.1 Å². The van der Waals surface area contributed by atoms with Crippen LogP contribution in [0.5, 0.6) is 11.8 Å². The number of hydrogen-bond donors (Lipinski definition) is 1. The first-order valence-corrected chi connectivity index (χ1v) is 14.6. The monoisotopic (exact) mass is 531 g/mol. The van der Waals surface area contributed by atoms with Crippen LogP contribution in [0.1, 0.15) is 5.69 Å². The Hall–Kier alpha value is -4.14. The summed E-state index contributed by atoms with van der Waals surface area (Å²) in [5, 5.41) is 12.5. The Labute approximate surface area is 216 Å². The van der Waals surface area contributed by atoms with Gasteiger partial charge in [0.1, 0.15) is 18.7 Å². The molecular weight excluding hydrogens is 509 g/mol. The molecule has 37 heavy (non-hydrogen) atoms. The van der Waals surface area contributed by atoms with Crippen molar-refractivity contribution in [1.29, 1.82) is 0 Å². The van der Waals surface area contributed by atoms with Crippen LogP contribution in [-0.4, -0.2) is 33.2 Å². The molecular formula is C26H22N5O4PS. The van der Waals surface area contributed by atoms with Crippen LogP contribution in [-0.2, 0) is 4.57 Å². The molecule has 0 atom stereocenters. The molecule has 0 saturated heterocycles. The first-order chi connectivity index (χ1) is 17.6. The third-order valence-electron chi connectivity index (χ3n) is 5.77. The lowest BCUT2D eigenvalue weighted by Gasteiger charge is -2.11. The van der Waals surface area contributed by atoms with E-state index in [2.05, 4.69) is 15.0 Å². The number of aromatic nitrogens is 3. The minimum Gasteiger partial charge on any atom is -0.424 e. The maximum Gasteiger partial charge on any atom is 0.322 e. The molecule has 2 aromatic carbocycles. The Kier molecular flexibility index (Phi) is 6.23. The normalized spacial score (nSPS) is 11.5. The molecule has 0 radical (unpaired) electrons. The third-order valence-corrected chi connectivity index (χ3v) is 8.69. The summed E-state index contributed by atoms with van der Waals surface area (Å²) >= 11 is 1.45. The van der Waals surface area contributed by atoms with Gasteiger partial charge < -0.3 is 15.0 Å². The first-order valence-electron chi connectivity index (χ1n) is 11.2. The van der Waals surface area contributed by atoms with Crippen LogP contribution in [0.15, 0.2) is 67.0 Å². The third kappa shape index (κ3) is 4.81. The number of pyridine rings is 1. The van der Waals surface area contributed by atoms with Crippen molar-refractivity contribution in [2.45, 2.75) is 6.92 Å². The van der Waals surface area contributed by atoms with Crippen LogP contribution in [0.2, 0.25) is 0 Å². The van der Waals surface area contributed by atoms with Gasteiger partial charge >= 0.3 is 6.01 Å². The molecule has 2 N–H and O–H groups in total. The largest absolute Gasteiger partial charge is 0.424 e. The number of aryl methyl sites for hydroxylation is 1. The molecule has 186 valence electrons. The number of nitrogens with zero attached hydrogens (tertiary/aromatic N) is 4. The number of ether oxygens (including phenoxy) is 1. The summed E-state index contributed by atoms with van der Waals surface area (Å²) in [4.78, 5) is 24.4. The summed E-state index contributed by atoms with van der Waals surface area (Å²) < 4.78 is 19.7. The Balaban J connectivity index is 1.68. The number of hydrogen-bond acceptors (Lipinski definition) is 9. The van der Waals surface area contributed by atoms with E-state index < -0.39 is 12.1 Å². The topological polar surface area (TPSA) is 134 Å². The highest BCUT2D eigenvalue weighted by Crippen LogP contribution is 2.49. The minimum absolute atomic E-state index is 0.000215. The molecule has 0 spiro atoms. The molecule has 0 saturated carbocycles. The molecule has 0 bridgehead atoms. The van der Waals surface area contributed by atoms with E-state index in [1.165, 1.54) is 23.5 Å². The Bertz CT molecular complexity index is 1700. The van der Waals surface area contributed by atoms with Crippen molar-refractivity contribution >= 4 is 45.4 Å². The van der Waals surface area contributed by atoms with E-state index in [-0.39, 0.29) is 11.7 Å². The Morgan fingerprint density at radius 3 is 2.30 bits per heavy atom. The molecule has 0 amide bonds. The van der Waals surface area contributed by atoms with E-state index in [1.54, 1.807) is 43.9 Å². The van der Waals surface area contributed by atoms with Gasteiger partial charge in [0.2, 0.25) is 0 Å². The lowest BCUT2D eigenvalue weighted by molar-refractivity contribution is -0.384. The van der Waals surface area contributed by atoms with Gasteiger partial charge in [-0.25, -0.2) is 15.0 Å². The van der Waals surface area contributed by atoms with Gasteiger partial charge in [0.05, 0.1) is 9.62 Å². The molecule has 0 aliphatic carbocycles. The second kappa shape index (κ2) is 9.38. The van der Waals surface area contributed by atoms with Crippen molar-refractivity contribution in [3.05, 3.63) is 82.8 Å². The molecule has 5 rings (SSSR count). The van der Waals surface area contributed by atoms with Gasteiger partial charge in [-0.2, -0.15) is 0 Å². The van der Waals surface area contributed by atoms with Gasteiger partial charge in [-0.1, -0.05) is 12.1 Å². The zero-order valence-corrected chi connectivity index (χ0v) is 21.9. The predicted octanol–water partition coefficient (Wildman–Crippen LogP) is 6.26. The van der Waals surface area contributed by atoms with E-state index in [9.17, 15) is 14.7 Å². The van der Waals surface area contributed by atoms with Crippen LogP contribution >= 0.6 is 18.5 Å². The number of nitrogens with two attached hydrogens (primary N) is 1. The van der Waals surface area contributed by atoms with Crippen molar-refractivity contribution in [3.63, 3.8) is 0 Å². The molecule has 3 aromatic heterocycles. The maximum absolute atomic E-state index is 13.1. The molecule has 3 heterocycles. The van der Waals surface area contributed by atoms with E-state index >= 15 is 0 Å². The van der Waals surface area contributed by atoms with Crippen LogP contribution < -0.4 is 15.8 Å². The number of nitro benzene ring substituents is 1. The number of non-ortho nitro benzene ring substituents is 1. The molecule has 5 aromatic rings. The Morgan fingerprint density at radius 2 is 1.68 bits per heavy atom. The van der Waals surface area contributed by atoms with Gasteiger partial charge in [0.15, 0.2) is 0 Å². The summed E-state index contributed by atoms with van der Waals surface area (Å²) in [6.45, 7) is 5.26. The molecule has 0 aliphatic heterocycles. The standard InChI is InChI=1S/C26H22N5O4PS/c1-15-12-13-28-26(30-15)35-19-10-6-16(7-11-19)21-22-24(20(36(2,3)34)14-29-25(22)27)37-23(21)17-4-8-18(9-5-17)31(32)33/h4-14H,1-3H3,(H2,27,29). The van der Waals surface area contributed by atoms with Crippen molar-refractivity contribution in [2.24, 2.45) is 0 Å². The first kappa shape index (κ1) is 24.5. The quantitative estimate of drug-likeness (QED) is 0.154. The number of benzene rings is 2. The fourth-order valence-corrected chi connectivity index (χ4v) is 6.96. The molecule has 0 unspecified atom stereocenters. The summed E-state index contributed by atoms with van der Waals surface area (Å²) in [7, 11) is -2.68. The van der Waals surface area contributed by atoms with Gasteiger partial charge in [-0.05, 0) is 61.7 Å². The number of rotatable bonds is 6. The number of fused-ring (bicyclic) bond motifs is 1. The fraction of sp³-hybridized carbons (Fsp3) is 0.115. The van der Waals surface area contributed by atoms with Crippen molar-refractivity contribution in [3.8, 4) is 33.3 Å². The Morgan fingerprint density at radius 1 is 1.00 bits per heavy atom. The average molecular weight is 532 g/mol. The van der Waals surface area contributed by atoms with Crippen LogP contribution in [0, 0.1) is 17.0 Å². The zero-order valence-electron chi connectivity index (χ0n) is 20.2. The van der Waals surface area contributed by atoms with Gasteiger partial charge in [-0.15, -0.1) is 11.3 Å². The van der Waals surface area contributed by atoms with Crippen LogP contribution in [0.25, 0.3) is 31.7 Å². The summed E-state index contributed by atoms with van der Waals surface area (Å²) in [5.74, 6) is 0.879. The lowest BCUT2D eigenvalue weighted by Crippen LogP contribution is -2.06. The number of nitrogen functional groups attached to an aromatic ring is 1. The van der Waals surface area contributed by atoms with Gasteiger partial charge in [0, 0.05) is 51.4 Å². The summed E-state index contributed by atoms with van der Waals surface area (Å²) in [6.07, 6.45) is 3.21. The summed E-state index contributed by atoms with van der Waals surface area (Å²) in [5.41, 5.74) is 9.61. The summed E-state index contributed by atoms with van der Waals surface area (Å²) in [6, 6.07) is 15.8. The van der Waals surface area contributed by atoms with E-state index in [1.807, 2.05) is 31.2 Å². The smallest absolute Gasteiger partial charge is 0.322 e. The second-order valence-electron chi connectivity index (χ2n) is 8.80. The SMILES string of the molecule is Cc1ccnc(Oc2ccc(-c3c(-c4ccc([N+](=O)[O-])cc4)sc4c(P(C)(C)=O)cnc(N)c34)cc2)n1. The number of anilines is 1.